The van der Waals surface area contributed by atoms with Gasteiger partial charge in [-0.25, -0.2) is 13.4 Å². The molecule has 1 aromatic carbocycles. The number of hydrogen-bond donors (Lipinski definition) is 2. The summed E-state index contributed by atoms with van der Waals surface area (Å²) in [6.45, 7) is 5.59. The minimum absolute atomic E-state index is 0.0129. The number of nitrogens with zero attached hydrogens (tertiary/aromatic N) is 4. The third-order valence-electron chi connectivity index (χ3n) is 12.4. The van der Waals surface area contributed by atoms with Crippen LogP contribution in [0.25, 0.3) is 10.9 Å². The van der Waals surface area contributed by atoms with Crippen molar-refractivity contribution < 1.29 is 55.0 Å². The van der Waals surface area contributed by atoms with Gasteiger partial charge in [0.05, 0.1) is 41.5 Å². The summed E-state index contributed by atoms with van der Waals surface area (Å²) in [5.41, 5.74) is -0.417. The lowest BCUT2D eigenvalue weighted by molar-refractivity contribution is -0.142. The number of amides is 3. The molecule has 2 N–H and O–H groups in total. The monoisotopic (exact) mass is 886 g/mol. The maximum absolute atomic E-state index is 14.8. The maximum Gasteiger partial charge on any atom is 0.408 e. The molecule has 5 atom stereocenters. The Morgan fingerprint density at radius 2 is 1.84 bits per heavy atom. The summed E-state index contributed by atoms with van der Waals surface area (Å²) in [6, 6.07) is 3.96. The number of aromatic nitrogens is 3. The molecule has 7 rings (SSSR count). The summed E-state index contributed by atoms with van der Waals surface area (Å²) in [6.07, 6.45) is 2.46. The Hall–Kier alpha value is -5.20. The first-order chi connectivity index (χ1) is 29.2. The predicted molar refractivity (Wildman–Crippen MR) is 220 cm³/mol. The molecule has 3 aromatic rings. The molecule has 2 aromatic heterocycles. The largest absolute Gasteiger partial charge is 0.496 e. The highest BCUT2D eigenvalue weighted by molar-refractivity contribution is 7.91. The van der Waals surface area contributed by atoms with Crippen LogP contribution in [-0.4, -0.2) is 100 Å². The molecule has 0 radical (unpaired) electrons. The van der Waals surface area contributed by atoms with Crippen molar-refractivity contribution in [3.63, 3.8) is 0 Å². The number of ketones is 1. The molecule has 19 heteroatoms. The van der Waals surface area contributed by atoms with Crippen LogP contribution < -0.4 is 24.2 Å². The number of methoxy groups -OCH3 is 1. The minimum Gasteiger partial charge on any atom is -0.496 e. The van der Waals surface area contributed by atoms with E-state index in [-0.39, 0.29) is 49.9 Å². The molecule has 15 nitrogen and oxygen atoms in total. The van der Waals surface area contributed by atoms with E-state index in [4.69, 9.17) is 19.2 Å². The van der Waals surface area contributed by atoms with Gasteiger partial charge in [-0.2, -0.15) is 18.3 Å². The second kappa shape index (κ2) is 17.2. The third-order valence-corrected chi connectivity index (χ3v) is 14.5. The molecule has 2 aliphatic heterocycles. The molecule has 336 valence electrons. The Morgan fingerprint density at radius 1 is 1.08 bits per heavy atom. The van der Waals surface area contributed by atoms with Crippen LogP contribution in [0.2, 0.25) is 0 Å². The predicted octanol–water partition coefficient (Wildman–Crippen LogP) is 5.73. The van der Waals surface area contributed by atoms with Crippen molar-refractivity contribution >= 4 is 44.4 Å². The molecule has 2 saturated carbocycles. The third kappa shape index (κ3) is 9.56. The zero-order chi connectivity index (χ0) is 44.8. The highest BCUT2D eigenvalue weighted by Crippen LogP contribution is 2.57. The van der Waals surface area contributed by atoms with Crippen LogP contribution in [0.1, 0.15) is 101 Å². The van der Waals surface area contributed by atoms with Crippen molar-refractivity contribution in [2.24, 2.45) is 11.3 Å². The molecular formula is C43H53F3N6O9S. The normalized spacial score (nSPS) is 25.9. The van der Waals surface area contributed by atoms with Gasteiger partial charge in [0, 0.05) is 36.1 Å². The number of hydrogen-bond acceptors (Lipinski definition) is 11. The molecule has 0 spiro atoms. The standard InChI is InChI=1S/C43H53F3N6O9S/c1-25(2)60-36-20-35(29-13-14-34(59-5)26(3)37(29)48-36)61-28-19-32-33(53)22-42(40(56)50-62(57,58)41(4)16-17-41)21-27(42)11-9-7-6-8-10-12-31(39(55)52(32)23-28)47-38(54)30-15-18-51(49-30)24-43(44,45)46/h9,11,13-15,18,20,25,27-28,31-32H,6-8,10,12,16-17,19,21-24H2,1-5H3,(H,47,54)(H,50,56)/b11-9-/t27-,28-,31+,32+,42-/m1/s1. The van der Waals surface area contributed by atoms with Gasteiger partial charge < -0.3 is 24.4 Å². The van der Waals surface area contributed by atoms with Gasteiger partial charge in [-0.15, -0.1) is 0 Å². The number of rotatable bonds is 11. The van der Waals surface area contributed by atoms with Gasteiger partial charge in [-0.3, -0.25) is 28.6 Å². The number of Topliss-reactive ketones (excluding diaryl/α,β-unsaturated/α-hetero) is 1. The van der Waals surface area contributed by atoms with Crippen molar-refractivity contribution in [3.8, 4) is 17.4 Å². The SMILES string of the molecule is COc1ccc2c(O[C@@H]3C[C@H]4C(=O)C[C@]5(C(=O)NS(=O)(=O)C6(C)CC6)C[C@H]5/C=C\CCCCC[C@H](NC(=O)c5ccn(CC(F)(F)F)n5)C(=O)N4C3)cc(OC(C)C)nc2c1C. The maximum atomic E-state index is 14.8. The molecule has 2 aliphatic carbocycles. The molecule has 62 heavy (non-hydrogen) atoms. The number of allylic oxidation sites excluding steroid dienone is 2. The van der Waals surface area contributed by atoms with Crippen LogP contribution in [0, 0.1) is 18.3 Å². The molecule has 3 amide bonds. The quantitative estimate of drug-likeness (QED) is 0.224. The fourth-order valence-corrected chi connectivity index (χ4v) is 9.76. The van der Waals surface area contributed by atoms with Crippen LogP contribution in [-0.2, 0) is 31.0 Å². The molecule has 4 heterocycles. The number of fused-ring (bicyclic) bond motifs is 3. The van der Waals surface area contributed by atoms with E-state index in [2.05, 4.69) is 15.1 Å². The van der Waals surface area contributed by atoms with E-state index in [1.54, 1.807) is 32.2 Å². The Morgan fingerprint density at radius 3 is 2.53 bits per heavy atom. The van der Waals surface area contributed by atoms with Crippen molar-refractivity contribution in [1.82, 2.24) is 29.7 Å². The number of aryl methyl sites for hydroxylation is 1. The summed E-state index contributed by atoms with van der Waals surface area (Å²) in [7, 11) is -2.49. The number of carbonyl (C=O) groups excluding carboxylic acids is 4. The number of carbonyl (C=O) groups is 4. The van der Waals surface area contributed by atoms with Gasteiger partial charge in [-0.05, 0) is 90.3 Å². The first-order valence-corrected chi connectivity index (χ1v) is 22.5. The van der Waals surface area contributed by atoms with E-state index in [1.165, 1.54) is 4.90 Å². The van der Waals surface area contributed by atoms with Gasteiger partial charge in [-0.1, -0.05) is 25.0 Å². The summed E-state index contributed by atoms with van der Waals surface area (Å²) in [5.74, 6) is -1.92. The molecule has 0 bridgehead atoms. The van der Waals surface area contributed by atoms with Crippen LogP contribution in [0.15, 0.2) is 42.6 Å². The second-order valence-corrected chi connectivity index (χ2v) is 19.7. The average Bonchev–Trinajstić information content (AvgIpc) is 3.99. The molecular weight excluding hydrogens is 834 g/mol. The molecule has 3 fully saturated rings. The zero-order valence-electron chi connectivity index (χ0n) is 35.4. The van der Waals surface area contributed by atoms with Crippen molar-refractivity contribution in [2.75, 3.05) is 13.7 Å². The van der Waals surface area contributed by atoms with Gasteiger partial charge in [0.15, 0.2) is 5.78 Å². The van der Waals surface area contributed by atoms with E-state index in [9.17, 15) is 40.8 Å². The fourth-order valence-electron chi connectivity index (χ4n) is 8.43. The first kappa shape index (κ1) is 44.8. The summed E-state index contributed by atoms with van der Waals surface area (Å²) < 4.78 is 85.8. The highest BCUT2D eigenvalue weighted by Gasteiger charge is 2.62. The fraction of sp³-hybridized carbons (Fsp3) is 0.581. The lowest BCUT2D eigenvalue weighted by atomic mass is 9.91. The Kier molecular flexibility index (Phi) is 12.4. The number of benzene rings is 1. The Balaban J connectivity index is 1.22. The van der Waals surface area contributed by atoms with E-state index >= 15 is 0 Å². The average molecular weight is 887 g/mol. The van der Waals surface area contributed by atoms with Crippen LogP contribution in [0.4, 0.5) is 13.2 Å². The minimum atomic E-state index is -4.58. The van der Waals surface area contributed by atoms with Crippen LogP contribution >= 0.6 is 0 Å². The number of sulfonamides is 1. The number of halogens is 3. The van der Waals surface area contributed by atoms with E-state index in [0.29, 0.717) is 65.6 Å². The lowest BCUT2D eigenvalue weighted by Crippen LogP contribution is -2.52. The highest BCUT2D eigenvalue weighted by atomic mass is 32.2. The number of ether oxygens (including phenoxy) is 3. The first-order valence-electron chi connectivity index (χ1n) is 21.0. The zero-order valence-corrected chi connectivity index (χ0v) is 36.2. The lowest BCUT2D eigenvalue weighted by Gasteiger charge is -2.29. The van der Waals surface area contributed by atoms with E-state index < -0.39 is 80.5 Å². The van der Waals surface area contributed by atoms with E-state index in [0.717, 1.165) is 17.8 Å². The van der Waals surface area contributed by atoms with Crippen molar-refractivity contribution in [3.05, 3.63) is 53.9 Å². The van der Waals surface area contributed by atoms with Crippen molar-refractivity contribution in [2.45, 2.75) is 134 Å². The van der Waals surface area contributed by atoms with E-state index in [1.807, 2.05) is 32.9 Å². The van der Waals surface area contributed by atoms with Crippen LogP contribution in [0.5, 0.6) is 17.4 Å². The smallest absolute Gasteiger partial charge is 0.408 e. The van der Waals surface area contributed by atoms with Gasteiger partial charge in [0.1, 0.15) is 35.9 Å². The summed E-state index contributed by atoms with van der Waals surface area (Å²) in [4.78, 5) is 63.1. The Bertz CT molecular complexity index is 2380. The summed E-state index contributed by atoms with van der Waals surface area (Å²) in [5, 5.41) is 7.08. The van der Waals surface area contributed by atoms with Gasteiger partial charge in [0.2, 0.25) is 27.7 Å². The van der Waals surface area contributed by atoms with Gasteiger partial charge >= 0.3 is 6.18 Å². The molecule has 0 unspecified atom stereocenters. The Labute approximate surface area is 358 Å². The number of alkyl halides is 3. The summed E-state index contributed by atoms with van der Waals surface area (Å²) >= 11 is 0. The van der Waals surface area contributed by atoms with Crippen molar-refractivity contribution in [1.29, 1.82) is 0 Å². The topological polar surface area (TPSA) is 188 Å². The molecule has 4 aliphatic rings. The number of pyridine rings is 1. The van der Waals surface area contributed by atoms with Gasteiger partial charge in [0.25, 0.3) is 5.91 Å². The second-order valence-electron chi connectivity index (χ2n) is 17.5. The number of nitrogens with one attached hydrogen (secondary N) is 2. The van der Waals surface area contributed by atoms with Crippen LogP contribution in [0.3, 0.4) is 0 Å². The molecule has 1 saturated heterocycles.